The Morgan fingerprint density at radius 1 is 1.38 bits per heavy atom. The van der Waals surface area contributed by atoms with Gasteiger partial charge >= 0.3 is 0 Å². The molecular weight excluding hydrogens is 162 g/mol. The smallest absolute Gasteiger partial charge is 0.150 e. The van der Waals surface area contributed by atoms with Crippen LogP contribution in [0.5, 0.6) is 0 Å². The van der Waals surface area contributed by atoms with Crippen molar-refractivity contribution in [3.05, 3.63) is 35.9 Å². The van der Waals surface area contributed by atoms with E-state index in [-0.39, 0.29) is 0 Å². The van der Waals surface area contributed by atoms with Crippen molar-refractivity contribution in [3.8, 4) is 6.07 Å². The number of rotatable bonds is 2. The Labute approximate surface area is 78.8 Å². The minimum atomic E-state index is 0.694. The van der Waals surface area contributed by atoms with E-state index in [2.05, 4.69) is 0 Å². The number of benzene rings is 1. The predicted molar refractivity (Wildman–Crippen MR) is 52.4 cm³/mol. The number of nitrogens with zero attached hydrogens (tertiary/aromatic N) is 1. The average molecular weight is 175 g/mol. The van der Waals surface area contributed by atoms with E-state index < -0.39 is 0 Å². The maximum atomic E-state index is 10.0. The number of nitriles is 1. The van der Waals surface area contributed by atoms with Gasteiger partial charge in [-0.3, -0.25) is 4.79 Å². The second-order valence-electron chi connectivity index (χ2n) is 2.44. The number of carbonyl (C=O) groups is 1. The maximum absolute atomic E-state index is 10.0. The summed E-state index contributed by atoms with van der Waals surface area (Å²) in [6, 6.07) is 11.1. The van der Waals surface area contributed by atoms with Crippen LogP contribution in [0, 0.1) is 11.3 Å². The molecule has 2 nitrogen and oxygen atoms in total. The molecular formula is C11H13NO. The van der Waals surface area contributed by atoms with E-state index in [0.717, 1.165) is 18.3 Å². The number of hydrogen-bond acceptors (Lipinski definition) is 2. The summed E-state index contributed by atoms with van der Waals surface area (Å²) in [6.07, 6.45) is 2.51. The van der Waals surface area contributed by atoms with Crippen LogP contribution in [0.2, 0.25) is 0 Å². The molecule has 0 fully saturated rings. The lowest BCUT2D eigenvalue weighted by molar-refractivity contribution is 0.112. The van der Waals surface area contributed by atoms with Crippen LogP contribution in [-0.4, -0.2) is 6.29 Å². The second kappa shape index (κ2) is 8.48. The van der Waals surface area contributed by atoms with Gasteiger partial charge in [-0.1, -0.05) is 37.3 Å². The van der Waals surface area contributed by atoms with E-state index in [0.29, 0.717) is 6.42 Å². The molecule has 13 heavy (non-hydrogen) atoms. The zero-order valence-electron chi connectivity index (χ0n) is 7.73. The van der Waals surface area contributed by atoms with Crippen molar-refractivity contribution < 1.29 is 4.79 Å². The number of unbranched alkanes of at least 4 members (excludes halogenated alkanes) is 1. The molecule has 0 aliphatic carbocycles. The van der Waals surface area contributed by atoms with Crippen molar-refractivity contribution in [2.75, 3.05) is 0 Å². The van der Waals surface area contributed by atoms with E-state index in [1.165, 1.54) is 0 Å². The Morgan fingerprint density at radius 3 is 2.23 bits per heavy atom. The lowest BCUT2D eigenvalue weighted by Gasteiger charge is -1.81. The zero-order valence-corrected chi connectivity index (χ0v) is 7.73. The monoisotopic (exact) mass is 175 g/mol. The first kappa shape index (κ1) is 11.4. The first-order valence-corrected chi connectivity index (χ1v) is 4.22. The van der Waals surface area contributed by atoms with Gasteiger partial charge in [0.25, 0.3) is 0 Å². The molecule has 0 aliphatic heterocycles. The summed E-state index contributed by atoms with van der Waals surface area (Å²) in [6.45, 7) is 1.99. The van der Waals surface area contributed by atoms with Gasteiger partial charge in [0.05, 0.1) is 6.07 Å². The van der Waals surface area contributed by atoms with Gasteiger partial charge in [-0.25, -0.2) is 0 Å². The molecule has 0 N–H and O–H groups in total. The molecule has 0 spiro atoms. The van der Waals surface area contributed by atoms with Crippen LogP contribution in [-0.2, 0) is 0 Å². The van der Waals surface area contributed by atoms with E-state index in [1.807, 2.05) is 31.2 Å². The maximum Gasteiger partial charge on any atom is 0.150 e. The van der Waals surface area contributed by atoms with Crippen LogP contribution in [0.3, 0.4) is 0 Å². The van der Waals surface area contributed by atoms with Gasteiger partial charge in [0.1, 0.15) is 6.29 Å². The summed E-state index contributed by atoms with van der Waals surface area (Å²) in [5, 5.41) is 7.82. The first-order chi connectivity index (χ1) is 6.35. The van der Waals surface area contributed by atoms with Gasteiger partial charge in [0.15, 0.2) is 0 Å². The average Bonchev–Trinajstić information content (AvgIpc) is 2.21. The van der Waals surface area contributed by atoms with Crippen molar-refractivity contribution in [1.29, 1.82) is 5.26 Å². The standard InChI is InChI=1S/C7H6O.C4H7N/c8-6-7-4-2-1-3-5-7;1-2-3-4-5/h1-6H;2-3H2,1H3. The lowest BCUT2D eigenvalue weighted by Crippen LogP contribution is -1.73. The minimum Gasteiger partial charge on any atom is -0.298 e. The highest BCUT2D eigenvalue weighted by Gasteiger charge is 1.79. The SMILES string of the molecule is CCCC#N.O=Cc1ccccc1. The Kier molecular flexibility index (Phi) is 7.42. The third kappa shape index (κ3) is 6.77. The fourth-order valence-corrected chi connectivity index (χ4v) is 0.643. The summed E-state index contributed by atoms with van der Waals surface area (Å²) in [5.74, 6) is 0. The molecule has 0 radical (unpaired) electrons. The minimum absolute atomic E-state index is 0.694. The summed E-state index contributed by atoms with van der Waals surface area (Å²) in [4.78, 5) is 10.0. The lowest BCUT2D eigenvalue weighted by atomic mass is 10.2. The van der Waals surface area contributed by atoms with E-state index >= 15 is 0 Å². The van der Waals surface area contributed by atoms with E-state index in [4.69, 9.17) is 5.26 Å². The highest BCUT2D eigenvalue weighted by Crippen LogP contribution is 1.91. The molecule has 0 aliphatic rings. The normalized spacial score (nSPS) is 7.69. The summed E-state index contributed by atoms with van der Waals surface area (Å²) < 4.78 is 0. The molecule has 0 atom stereocenters. The first-order valence-electron chi connectivity index (χ1n) is 4.22. The van der Waals surface area contributed by atoms with Gasteiger partial charge in [0, 0.05) is 12.0 Å². The van der Waals surface area contributed by atoms with Crippen LogP contribution in [0.1, 0.15) is 30.1 Å². The highest BCUT2D eigenvalue weighted by molar-refractivity contribution is 5.74. The molecule has 0 heterocycles. The second-order valence-corrected chi connectivity index (χ2v) is 2.44. The van der Waals surface area contributed by atoms with Gasteiger partial charge in [0.2, 0.25) is 0 Å². The predicted octanol–water partition coefficient (Wildman–Crippen LogP) is 2.81. The van der Waals surface area contributed by atoms with Crippen molar-refractivity contribution in [2.24, 2.45) is 0 Å². The van der Waals surface area contributed by atoms with Crippen molar-refractivity contribution in [1.82, 2.24) is 0 Å². The highest BCUT2D eigenvalue weighted by atomic mass is 16.1. The Balaban J connectivity index is 0.000000252. The Hall–Kier alpha value is -1.62. The number of carbonyl (C=O) groups excluding carboxylic acids is 1. The van der Waals surface area contributed by atoms with Crippen LogP contribution in [0.15, 0.2) is 30.3 Å². The summed E-state index contributed by atoms with van der Waals surface area (Å²) in [5.41, 5.74) is 0.729. The molecule has 2 heteroatoms. The van der Waals surface area contributed by atoms with Crippen LogP contribution in [0.4, 0.5) is 0 Å². The quantitative estimate of drug-likeness (QED) is 0.648. The molecule has 0 amide bonds. The zero-order chi connectivity index (χ0) is 9.94. The molecule has 0 bridgehead atoms. The van der Waals surface area contributed by atoms with Gasteiger partial charge in [-0.05, 0) is 6.42 Å². The molecule has 0 aromatic heterocycles. The van der Waals surface area contributed by atoms with Gasteiger partial charge in [-0.15, -0.1) is 0 Å². The van der Waals surface area contributed by atoms with Gasteiger partial charge < -0.3 is 0 Å². The Bertz CT molecular complexity index is 261. The summed E-state index contributed by atoms with van der Waals surface area (Å²) >= 11 is 0. The molecule has 1 rings (SSSR count). The van der Waals surface area contributed by atoms with Crippen molar-refractivity contribution in [2.45, 2.75) is 19.8 Å². The third-order valence-electron chi connectivity index (χ3n) is 1.30. The van der Waals surface area contributed by atoms with Crippen LogP contribution < -0.4 is 0 Å². The largest absolute Gasteiger partial charge is 0.298 e. The van der Waals surface area contributed by atoms with Crippen LogP contribution in [0.25, 0.3) is 0 Å². The van der Waals surface area contributed by atoms with Crippen molar-refractivity contribution >= 4 is 6.29 Å². The molecule has 0 saturated heterocycles. The number of aldehydes is 1. The van der Waals surface area contributed by atoms with E-state index in [9.17, 15) is 4.79 Å². The Morgan fingerprint density at radius 2 is 2.00 bits per heavy atom. The van der Waals surface area contributed by atoms with Gasteiger partial charge in [-0.2, -0.15) is 5.26 Å². The molecule has 0 saturated carbocycles. The molecule has 0 unspecified atom stereocenters. The van der Waals surface area contributed by atoms with Crippen molar-refractivity contribution in [3.63, 3.8) is 0 Å². The number of hydrogen-bond donors (Lipinski definition) is 0. The fraction of sp³-hybridized carbons (Fsp3) is 0.273. The molecule has 68 valence electrons. The molecule has 1 aromatic rings. The van der Waals surface area contributed by atoms with E-state index in [1.54, 1.807) is 12.1 Å². The molecule has 1 aromatic carbocycles. The third-order valence-corrected chi connectivity index (χ3v) is 1.30. The fourth-order valence-electron chi connectivity index (χ4n) is 0.643. The summed E-state index contributed by atoms with van der Waals surface area (Å²) in [7, 11) is 0. The van der Waals surface area contributed by atoms with Crippen LogP contribution >= 0.6 is 0 Å². The topological polar surface area (TPSA) is 40.9 Å².